The molecule has 2 aromatic rings. The van der Waals surface area contributed by atoms with Gasteiger partial charge in [0.25, 0.3) is 0 Å². The highest BCUT2D eigenvalue weighted by Gasteiger charge is 2.17. The van der Waals surface area contributed by atoms with Crippen molar-refractivity contribution in [1.82, 2.24) is 9.55 Å². The maximum Gasteiger partial charge on any atom is 0.135 e. The van der Waals surface area contributed by atoms with Gasteiger partial charge in [0.2, 0.25) is 0 Å². The van der Waals surface area contributed by atoms with E-state index in [-0.39, 0.29) is 17.9 Å². The van der Waals surface area contributed by atoms with Crippen LogP contribution >= 0.6 is 15.9 Å². The van der Waals surface area contributed by atoms with Gasteiger partial charge in [-0.05, 0) is 24.3 Å². The summed E-state index contributed by atoms with van der Waals surface area (Å²) in [6, 6.07) is 3.26. The fourth-order valence-corrected chi connectivity index (χ4v) is 2.08. The van der Waals surface area contributed by atoms with Crippen LogP contribution in [0, 0.1) is 11.6 Å². The van der Waals surface area contributed by atoms with E-state index in [1.54, 1.807) is 23.8 Å². The van der Waals surface area contributed by atoms with E-state index in [4.69, 9.17) is 0 Å². The number of allylic oxidation sites excluding steroid dienone is 2. The average molecular weight is 355 g/mol. The summed E-state index contributed by atoms with van der Waals surface area (Å²) in [5.74, 6) is -0.852. The zero-order valence-electron chi connectivity index (χ0n) is 11.3. The topological polar surface area (TPSA) is 38.1 Å². The van der Waals surface area contributed by atoms with E-state index in [1.165, 1.54) is 6.07 Å². The van der Waals surface area contributed by atoms with Gasteiger partial charge in [0, 0.05) is 23.2 Å². The van der Waals surface area contributed by atoms with E-state index in [1.807, 2.05) is 0 Å². The third-order valence-corrected chi connectivity index (χ3v) is 3.26. The summed E-state index contributed by atoms with van der Waals surface area (Å²) in [5, 5.41) is 9.49. The van der Waals surface area contributed by atoms with Crippen LogP contribution in [0.5, 0.6) is 0 Å². The Morgan fingerprint density at radius 1 is 1.48 bits per heavy atom. The average Bonchev–Trinajstić information content (AvgIpc) is 2.72. The minimum atomic E-state index is -0.719. The molecule has 0 amide bonds. The molecule has 0 aliphatic rings. The minimum absolute atomic E-state index is 0.147. The van der Waals surface area contributed by atoms with Crippen LogP contribution in [0.4, 0.5) is 8.78 Å². The van der Waals surface area contributed by atoms with E-state index >= 15 is 0 Å². The Hall–Kier alpha value is -1.79. The summed E-state index contributed by atoms with van der Waals surface area (Å²) in [5.41, 5.74) is 0.881. The first-order chi connectivity index (χ1) is 9.93. The molecule has 21 heavy (non-hydrogen) atoms. The van der Waals surface area contributed by atoms with Gasteiger partial charge in [0.1, 0.15) is 17.5 Å². The zero-order chi connectivity index (χ0) is 15.6. The van der Waals surface area contributed by atoms with Gasteiger partial charge >= 0.3 is 0 Å². The maximum atomic E-state index is 13.9. The fraction of sp³-hybridized carbons (Fsp3) is 0.133. The second-order valence-electron chi connectivity index (χ2n) is 4.39. The predicted molar refractivity (Wildman–Crippen MR) is 81.6 cm³/mol. The second kappa shape index (κ2) is 6.32. The van der Waals surface area contributed by atoms with Crippen LogP contribution in [0.25, 0.3) is 17.3 Å². The van der Waals surface area contributed by atoms with Crippen molar-refractivity contribution >= 4 is 22.0 Å². The normalized spacial score (nSPS) is 11.3. The van der Waals surface area contributed by atoms with Gasteiger partial charge in [0.15, 0.2) is 0 Å². The van der Waals surface area contributed by atoms with Gasteiger partial charge in [-0.3, -0.25) is 0 Å². The number of aromatic nitrogens is 2. The van der Waals surface area contributed by atoms with Gasteiger partial charge in [-0.25, -0.2) is 13.8 Å². The number of aliphatic hydroxyl groups is 1. The monoisotopic (exact) mass is 354 g/mol. The molecule has 2 rings (SSSR count). The lowest BCUT2D eigenvalue weighted by Crippen LogP contribution is -1.99. The minimum Gasteiger partial charge on any atom is -0.390 e. The molecule has 1 aromatic heterocycles. The lowest BCUT2D eigenvalue weighted by Gasteiger charge is -2.04. The molecule has 0 radical (unpaired) electrons. The first-order valence-corrected chi connectivity index (χ1v) is 6.87. The summed E-state index contributed by atoms with van der Waals surface area (Å²) < 4.78 is 29.2. The smallest absolute Gasteiger partial charge is 0.135 e. The van der Waals surface area contributed by atoms with Crippen molar-refractivity contribution in [3.63, 3.8) is 0 Å². The Morgan fingerprint density at radius 3 is 2.76 bits per heavy atom. The summed E-state index contributed by atoms with van der Waals surface area (Å²) in [4.78, 5) is 4.31. The fourth-order valence-electron chi connectivity index (χ4n) is 1.94. The highest BCUT2D eigenvalue weighted by atomic mass is 79.9. The Bertz CT molecular complexity index is 723. The van der Waals surface area contributed by atoms with Crippen LogP contribution in [-0.2, 0) is 13.7 Å². The molecule has 3 nitrogen and oxygen atoms in total. The van der Waals surface area contributed by atoms with Crippen LogP contribution in [0.3, 0.4) is 0 Å². The Labute approximate surface area is 129 Å². The number of halogens is 3. The highest BCUT2D eigenvalue weighted by molar-refractivity contribution is 9.11. The predicted octanol–water partition coefficient (Wildman–Crippen LogP) is 3.78. The van der Waals surface area contributed by atoms with E-state index < -0.39 is 11.6 Å². The summed E-state index contributed by atoms with van der Waals surface area (Å²) in [6.07, 6.45) is 3.37. The molecule has 1 heterocycles. The molecule has 0 aliphatic carbocycles. The number of hydrogen-bond acceptors (Lipinski definition) is 2. The molecule has 1 aromatic carbocycles. The first kappa shape index (κ1) is 15.6. The molecule has 0 bridgehead atoms. The standard InChI is InChI=1S/C15H13BrF2N2O/c1-9(16)3-6-14-19-15(13(8-21)20(14)2)11-5-4-10(17)7-12(11)18/h3-7,21H,1,8H2,2H3/b6-3-. The summed E-state index contributed by atoms with van der Waals surface area (Å²) in [7, 11) is 1.71. The van der Waals surface area contributed by atoms with Crippen LogP contribution in [0.15, 0.2) is 35.3 Å². The number of aliphatic hydroxyl groups excluding tert-OH is 1. The number of hydrogen-bond donors (Lipinski definition) is 1. The van der Waals surface area contributed by atoms with Crippen molar-refractivity contribution in [2.45, 2.75) is 6.61 Å². The van der Waals surface area contributed by atoms with Crippen molar-refractivity contribution in [1.29, 1.82) is 0 Å². The van der Waals surface area contributed by atoms with Gasteiger partial charge in [-0.15, -0.1) is 0 Å². The highest BCUT2D eigenvalue weighted by Crippen LogP contribution is 2.27. The van der Waals surface area contributed by atoms with Gasteiger partial charge in [-0.2, -0.15) is 0 Å². The van der Waals surface area contributed by atoms with Crippen LogP contribution < -0.4 is 0 Å². The Balaban J connectivity index is 2.58. The van der Waals surface area contributed by atoms with E-state index in [0.29, 0.717) is 16.0 Å². The molecule has 0 saturated heterocycles. The van der Waals surface area contributed by atoms with Crippen molar-refractivity contribution in [3.8, 4) is 11.3 Å². The summed E-state index contributed by atoms with van der Waals surface area (Å²) >= 11 is 3.19. The first-order valence-electron chi connectivity index (χ1n) is 6.08. The van der Waals surface area contributed by atoms with Crippen molar-refractivity contribution in [2.24, 2.45) is 7.05 Å². The Morgan fingerprint density at radius 2 is 2.19 bits per heavy atom. The molecule has 0 atom stereocenters. The van der Waals surface area contributed by atoms with E-state index in [2.05, 4.69) is 27.5 Å². The molecule has 0 spiro atoms. The van der Waals surface area contributed by atoms with Crippen LogP contribution in [0.2, 0.25) is 0 Å². The third-order valence-electron chi connectivity index (χ3n) is 3.00. The molecule has 0 fully saturated rings. The van der Waals surface area contributed by atoms with Crippen LogP contribution in [-0.4, -0.2) is 14.7 Å². The van der Waals surface area contributed by atoms with Gasteiger partial charge < -0.3 is 9.67 Å². The largest absolute Gasteiger partial charge is 0.390 e. The molecular weight excluding hydrogens is 342 g/mol. The van der Waals surface area contributed by atoms with E-state index in [9.17, 15) is 13.9 Å². The van der Waals surface area contributed by atoms with Gasteiger partial charge in [0.05, 0.1) is 18.0 Å². The quantitative estimate of drug-likeness (QED) is 0.848. The molecule has 1 N–H and O–H groups in total. The van der Waals surface area contributed by atoms with Crippen molar-refractivity contribution in [2.75, 3.05) is 0 Å². The molecule has 110 valence electrons. The SMILES string of the molecule is C=C(Br)/C=C\c1nc(-c2ccc(F)cc2F)c(CO)n1C. The molecular formula is C15H13BrF2N2O. The number of rotatable bonds is 4. The van der Waals surface area contributed by atoms with Crippen molar-refractivity contribution in [3.05, 3.63) is 58.5 Å². The molecule has 6 heteroatoms. The zero-order valence-corrected chi connectivity index (χ0v) is 12.9. The maximum absolute atomic E-state index is 13.9. The number of benzene rings is 1. The third kappa shape index (κ3) is 3.28. The lowest BCUT2D eigenvalue weighted by molar-refractivity contribution is 0.273. The van der Waals surface area contributed by atoms with Crippen LogP contribution in [0.1, 0.15) is 11.5 Å². The molecule has 0 saturated carbocycles. The summed E-state index contributed by atoms with van der Waals surface area (Å²) in [6.45, 7) is 3.37. The van der Waals surface area contributed by atoms with Gasteiger partial charge in [-0.1, -0.05) is 22.5 Å². The number of nitrogens with zero attached hydrogens (tertiary/aromatic N) is 2. The number of imidazole rings is 1. The van der Waals surface area contributed by atoms with E-state index in [0.717, 1.165) is 12.1 Å². The molecule has 0 unspecified atom stereocenters. The second-order valence-corrected chi connectivity index (χ2v) is 5.41. The lowest BCUT2D eigenvalue weighted by atomic mass is 10.1. The van der Waals surface area contributed by atoms with Crippen molar-refractivity contribution < 1.29 is 13.9 Å². The molecule has 0 aliphatic heterocycles. The Kier molecular flexibility index (Phi) is 4.69.